The third kappa shape index (κ3) is 2.60. The van der Waals surface area contributed by atoms with Crippen LogP contribution in [0.5, 0.6) is 11.5 Å². The smallest absolute Gasteiger partial charge is 0.221 e. The first-order chi connectivity index (χ1) is 8.72. The van der Waals surface area contributed by atoms with Crippen LogP contribution in [0.3, 0.4) is 0 Å². The largest absolute Gasteiger partial charge is 0.493 e. The van der Waals surface area contributed by atoms with Gasteiger partial charge in [0.2, 0.25) is 5.95 Å². The van der Waals surface area contributed by atoms with E-state index in [0.29, 0.717) is 17.3 Å². The van der Waals surface area contributed by atoms with Gasteiger partial charge in [-0.05, 0) is 18.2 Å². The molecule has 0 aliphatic heterocycles. The summed E-state index contributed by atoms with van der Waals surface area (Å²) in [7, 11) is 3.18. The first-order valence-electron chi connectivity index (χ1n) is 5.30. The Bertz CT molecular complexity index is 545. The van der Waals surface area contributed by atoms with Gasteiger partial charge in [-0.2, -0.15) is 4.98 Å². The van der Waals surface area contributed by atoms with Crippen LogP contribution in [0.4, 0.5) is 17.5 Å². The molecule has 1 aromatic heterocycles. The molecule has 1 aromatic carbocycles. The highest BCUT2D eigenvalue weighted by Gasteiger charge is 2.05. The van der Waals surface area contributed by atoms with E-state index in [1.807, 2.05) is 18.2 Å². The molecule has 6 heteroatoms. The van der Waals surface area contributed by atoms with Crippen LogP contribution in [-0.2, 0) is 0 Å². The van der Waals surface area contributed by atoms with Crippen molar-refractivity contribution in [1.29, 1.82) is 0 Å². The molecule has 0 unspecified atom stereocenters. The Labute approximate surface area is 105 Å². The summed E-state index contributed by atoms with van der Waals surface area (Å²) in [4.78, 5) is 7.87. The summed E-state index contributed by atoms with van der Waals surface area (Å²) < 4.78 is 10.4. The van der Waals surface area contributed by atoms with E-state index in [-0.39, 0.29) is 5.95 Å². The van der Waals surface area contributed by atoms with Crippen molar-refractivity contribution in [1.82, 2.24) is 9.97 Å². The minimum atomic E-state index is 0.223. The highest BCUT2D eigenvalue weighted by atomic mass is 16.5. The fourth-order valence-corrected chi connectivity index (χ4v) is 1.51. The van der Waals surface area contributed by atoms with E-state index < -0.39 is 0 Å². The van der Waals surface area contributed by atoms with E-state index in [1.165, 1.54) is 0 Å². The van der Waals surface area contributed by atoms with Crippen LogP contribution in [0.25, 0.3) is 0 Å². The second kappa shape index (κ2) is 5.22. The number of ether oxygens (including phenoxy) is 2. The van der Waals surface area contributed by atoms with E-state index in [2.05, 4.69) is 15.3 Å². The van der Waals surface area contributed by atoms with Gasteiger partial charge >= 0.3 is 0 Å². The van der Waals surface area contributed by atoms with Crippen LogP contribution in [-0.4, -0.2) is 24.2 Å². The fourth-order valence-electron chi connectivity index (χ4n) is 1.51. The quantitative estimate of drug-likeness (QED) is 0.856. The van der Waals surface area contributed by atoms with Crippen LogP contribution in [0.1, 0.15) is 0 Å². The number of hydrogen-bond donors (Lipinski definition) is 2. The van der Waals surface area contributed by atoms with Crippen molar-refractivity contribution in [3.05, 3.63) is 30.5 Å². The van der Waals surface area contributed by atoms with Gasteiger partial charge in [-0.15, -0.1) is 0 Å². The second-order valence-electron chi connectivity index (χ2n) is 3.49. The monoisotopic (exact) mass is 246 g/mol. The lowest BCUT2D eigenvalue weighted by Gasteiger charge is -2.10. The summed E-state index contributed by atoms with van der Waals surface area (Å²) in [5, 5.41) is 3.10. The van der Waals surface area contributed by atoms with Crippen molar-refractivity contribution in [2.75, 3.05) is 25.3 Å². The van der Waals surface area contributed by atoms with Crippen LogP contribution in [0, 0.1) is 0 Å². The minimum absolute atomic E-state index is 0.223. The van der Waals surface area contributed by atoms with E-state index >= 15 is 0 Å². The van der Waals surface area contributed by atoms with Crippen molar-refractivity contribution in [3.63, 3.8) is 0 Å². The van der Waals surface area contributed by atoms with Crippen molar-refractivity contribution in [3.8, 4) is 11.5 Å². The minimum Gasteiger partial charge on any atom is -0.493 e. The molecule has 3 N–H and O–H groups in total. The molecule has 0 aliphatic carbocycles. The summed E-state index contributed by atoms with van der Waals surface area (Å²) in [6, 6.07) is 7.22. The van der Waals surface area contributed by atoms with Crippen molar-refractivity contribution in [2.45, 2.75) is 0 Å². The molecule has 6 nitrogen and oxygen atoms in total. The predicted molar refractivity (Wildman–Crippen MR) is 69.3 cm³/mol. The Hall–Kier alpha value is -2.50. The van der Waals surface area contributed by atoms with Crippen LogP contribution in [0.2, 0.25) is 0 Å². The molecule has 0 bridgehead atoms. The number of anilines is 3. The topological polar surface area (TPSA) is 82.3 Å². The van der Waals surface area contributed by atoms with Gasteiger partial charge in [0.25, 0.3) is 0 Å². The molecule has 18 heavy (non-hydrogen) atoms. The molecule has 0 aliphatic rings. The number of benzene rings is 1. The number of rotatable bonds is 4. The summed E-state index contributed by atoms with van der Waals surface area (Å²) in [6.45, 7) is 0. The Morgan fingerprint density at radius 2 is 1.89 bits per heavy atom. The summed E-state index contributed by atoms with van der Waals surface area (Å²) >= 11 is 0. The van der Waals surface area contributed by atoms with Crippen molar-refractivity contribution in [2.24, 2.45) is 0 Å². The number of nitrogen functional groups attached to an aromatic ring is 1. The number of nitrogens with one attached hydrogen (secondary N) is 1. The van der Waals surface area contributed by atoms with Crippen LogP contribution in [0.15, 0.2) is 30.5 Å². The van der Waals surface area contributed by atoms with E-state index in [1.54, 1.807) is 26.5 Å². The number of hydrogen-bond acceptors (Lipinski definition) is 6. The average Bonchev–Trinajstić information content (AvgIpc) is 2.38. The molecular weight excluding hydrogens is 232 g/mol. The second-order valence-corrected chi connectivity index (χ2v) is 3.49. The average molecular weight is 246 g/mol. The third-order valence-corrected chi connectivity index (χ3v) is 2.33. The summed E-state index contributed by atoms with van der Waals surface area (Å²) in [6.07, 6.45) is 1.59. The van der Waals surface area contributed by atoms with E-state index in [4.69, 9.17) is 15.2 Å². The van der Waals surface area contributed by atoms with Gasteiger partial charge in [-0.1, -0.05) is 0 Å². The van der Waals surface area contributed by atoms with Gasteiger partial charge in [-0.3, -0.25) is 0 Å². The van der Waals surface area contributed by atoms with Crippen LogP contribution < -0.4 is 20.5 Å². The number of aromatic nitrogens is 2. The summed E-state index contributed by atoms with van der Waals surface area (Å²) in [5.41, 5.74) is 6.33. The standard InChI is InChI=1S/C12H14N4O2/c1-17-9-4-3-8(7-10(9)18-2)15-11-5-6-14-12(13)16-11/h3-7H,1-2H3,(H3,13,14,15,16). The highest BCUT2D eigenvalue weighted by Crippen LogP contribution is 2.30. The maximum Gasteiger partial charge on any atom is 0.221 e. The molecule has 94 valence electrons. The number of nitrogens with two attached hydrogens (primary N) is 1. The maximum absolute atomic E-state index is 5.51. The third-order valence-electron chi connectivity index (χ3n) is 2.33. The molecular formula is C12H14N4O2. The molecule has 0 spiro atoms. The molecule has 0 fully saturated rings. The molecule has 0 radical (unpaired) electrons. The van der Waals surface area contributed by atoms with Gasteiger partial charge in [0.05, 0.1) is 14.2 Å². The first-order valence-corrected chi connectivity index (χ1v) is 5.30. The first kappa shape index (κ1) is 12.0. The SMILES string of the molecule is COc1ccc(Nc2ccnc(N)n2)cc1OC. The van der Waals surface area contributed by atoms with Gasteiger partial charge in [0, 0.05) is 18.0 Å². The predicted octanol–water partition coefficient (Wildman–Crippen LogP) is 1.82. The van der Waals surface area contributed by atoms with Gasteiger partial charge < -0.3 is 20.5 Å². The molecule has 1 heterocycles. The van der Waals surface area contributed by atoms with Crippen LogP contribution >= 0.6 is 0 Å². The normalized spacial score (nSPS) is 9.89. The Balaban J connectivity index is 2.24. The van der Waals surface area contributed by atoms with E-state index in [0.717, 1.165) is 5.69 Å². The number of nitrogens with zero attached hydrogens (tertiary/aromatic N) is 2. The van der Waals surface area contributed by atoms with E-state index in [9.17, 15) is 0 Å². The Morgan fingerprint density at radius 1 is 1.11 bits per heavy atom. The summed E-state index contributed by atoms with van der Waals surface area (Å²) in [5.74, 6) is 2.16. The zero-order valence-electron chi connectivity index (χ0n) is 10.2. The molecule has 0 atom stereocenters. The Morgan fingerprint density at radius 3 is 2.56 bits per heavy atom. The van der Waals surface area contributed by atoms with Crippen molar-refractivity contribution < 1.29 is 9.47 Å². The lowest BCUT2D eigenvalue weighted by molar-refractivity contribution is 0.355. The van der Waals surface area contributed by atoms with Gasteiger partial charge in [0.1, 0.15) is 5.82 Å². The lowest BCUT2D eigenvalue weighted by atomic mass is 10.2. The van der Waals surface area contributed by atoms with Gasteiger partial charge in [-0.25, -0.2) is 4.98 Å². The van der Waals surface area contributed by atoms with Crippen molar-refractivity contribution >= 4 is 17.5 Å². The number of methoxy groups -OCH3 is 2. The zero-order chi connectivity index (χ0) is 13.0. The Kier molecular flexibility index (Phi) is 3.47. The van der Waals surface area contributed by atoms with Gasteiger partial charge in [0.15, 0.2) is 11.5 Å². The lowest BCUT2D eigenvalue weighted by Crippen LogP contribution is -1.99. The molecule has 2 aromatic rings. The molecule has 0 saturated carbocycles. The molecule has 0 amide bonds. The maximum atomic E-state index is 5.51. The fraction of sp³-hybridized carbons (Fsp3) is 0.167. The highest BCUT2D eigenvalue weighted by molar-refractivity contribution is 5.61. The zero-order valence-corrected chi connectivity index (χ0v) is 10.2. The molecule has 0 saturated heterocycles. The molecule has 2 rings (SSSR count).